The molecule has 0 radical (unpaired) electrons. The van der Waals surface area contributed by atoms with Gasteiger partial charge in [0.15, 0.2) is 5.52 Å². The first-order chi connectivity index (χ1) is 10.4. The normalized spacial score (nSPS) is 11.2. The van der Waals surface area contributed by atoms with E-state index in [2.05, 4.69) is 23.6 Å². The van der Waals surface area contributed by atoms with Gasteiger partial charge in [0.25, 0.3) is 5.82 Å². The molecule has 0 saturated carbocycles. The van der Waals surface area contributed by atoms with Crippen LogP contribution in [-0.2, 0) is 7.05 Å². The van der Waals surface area contributed by atoms with Crippen LogP contribution in [-0.4, -0.2) is 4.98 Å². The molecule has 0 fully saturated rings. The van der Waals surface area contributed by atoms with Crippen LogP contribution in [0.2, 0.25) is 0 Å². The van der Waals surface area contributed by atoms with E-state index in [0.29, 0.717) is 5.56 Å². The van der Waals surface area contributed by atoms with E-state index in [1.54, 1.807) is 13.0 Å². The second-order valence-electron chi connectivity index (χ2n) is 5.95. The molecule has 0 N–H and O–H groups in total. The molecule has 2 aromatic carbocycles. The highest BCUT2D eigenvalue weighted by Crippen LogP contribution is 2.30. The lowest BCUT2D eigenvalue weighted by atomic mass is 9.98. The zero-order chi connectivity index (χ0) is 16.0. The number of hydrogen-bond donors (Lipinski definition) is 0. The SMILES string of the molecule is Cc1cc(-c2c3cccc(C)c3nc(C)[n+]2C)c(C)cc1F. The molecule has 0 spiro atoms. The fraction of sp³-hybridized carbons (Fsp3) is 0.263. The zero-order valence-corrected chi connectivity index (χ0v) is 13.7. The van der Waals surface area contributed by atoms with Crippen molar-refractivity contribution in [2.24, 2.45) is 7.05 Å². The summed E-state index contributed by atoms with van der Waals surface area (Å²) < 4.78 is 15.9. The van der Waals surface area contributed by atoms with Crippen LogP contribution in [0.15, 0.2) is 30.3 Å². The van der Waals surface area contributed by atoms with Gasteiger partial charge in [-0.05, 0) is 55.1 Å². The van der Waals surface area contributed by atoms with E-state index in [-0.39, 0.29) is 5.82 Å². The molecule has 0 aliphatic rings. The minimum atomic E-state index is -0.157. The van der Waals surface area contributed by atoms with Gasteiger partial charge in [0.2, 0.25) is 0 Å². The van der Waals surface area contributed by atoms with Gasteiger partial charge in [-0.25, -0.2) is 8.96 Å². The van der Waals surface area contributed by atoms with Crippen LogP contribution >= 0.6 is 0 Å². The Bertz CT molecular complexity index is 898. The van der Waals surface area contributed by atoms with Crippen LogP contribution in [0.1, 0.15) is 22.5 Å². The van der Waals surface area contributed by atoms with E-state index in [1.807, 2.05) is 33.0 Å². The fourth-order valence-electron chi connectivity index (χ4n) is 2.94. The maximum atomic E-state index is 13.8. The molecular weight excluding hydrogens is 275 g/mol. The van der Waals surface area contributed by atoms with Crippen molar-refractivity contribution >= 4 is 10.9 Å². The van der Waals surface area contributed by atoms with Gasteiger partial charge in [0, 0.05) is 18.1 Å². The summed E-state index contributed by atoms with van der Waals surface area (Å²) in [6.07, 6.45) is 0. The standard InChI is InChI=1S/C19H20FN2/c1-11-7-6-8-15-18(11)21-14(4)22(5)19(15)16-9-13(3)17(20)10-12(16)2/h6-10H,1-5H3/q+1. The number of aryl methyl sites for hydroxylation is 4. The average molecular weight is 295 g/mol. The Labute approximate surface area is 130 Å². The highest BCUT2D eigenvalue weighted by Gasteiger charge is 2.21. The van der Waals surface area contributed by atoms with E-state index in [0.717, 1.165) is 39.1 Å². The third-order valence-electron chi connectivity index (χ3n) is 4.35. The van der Waals surface area contributed by atoms with Crippen LogP contribution in [0, 0.1) is 33.5 Å². The van der Waals surface area contributed by atoms with Gasteiger partial charge in [-0.15, -0.1) is 0 Å². The Morgan fingerprint density at radius 2 is 1.68 bits per heavy atom. The largest absolute Gasteiger partial charge is 0.296 e. The molecule has 3 heteroatoms. The summed E-state index contributed by atoms with van der Waals surface area (Å²) in [6.45, 7) is 7.83. The van der Waals surface area contributed by atoms with Crippen LogP contribution in [0.4, 0.5) is 4.39 Å². The second kappa shape index (κ2) is 5.16. The first kappa shape index (κ1) is 14.6. The summed E-state index contributed by atoms with van der Waals surface area (Å²) in [7, 11) is 2.01. The lowest BCUT2D eigenvalue weighted by Gasteiger charge is -2.12. The molecule has 1 aromatic heterocycles. The van der Waals surface area contributed by atoms with Crippen molar-refractivity contribution in [3.63, 3.8) is 0 Å². The Morgan fingerprint density at radius 1 is 0.955 bits per heavy atom. The molecule has 3 aromatic rings. The number of halogens is 1. The van der Waals surface area contributed by atoms with Crippen molar-refractivity contribution in [2.75, 3.05) is 0 Å². The van der Waals surface area contributed by atoms with Gasteiger partial charge in [-0.2, -0.15) is 0 Å². The first-order valence-electron chi connectivity index (χ1n) is 7.43. The second-order valence-corrected chi connectivity index (χ2v) is 5.95. The first-order valence-corrected chi connectivity index (χ1v) is 7.43. The van der Waals surface area contributed by atoms with E-state index in [4.69, 9.17) is 4.98 Å². The fourth-order valence-corrected chi connectivity index (χ4v) is 2.94. The average Bonchev–Trinajstić information content (AvgIpc) is 2.46. The molecule has 0 saturated heterocycles. The molecule has 0 amide bonds. The van der Waals surface area contributed by atoms with Crippen LogP contribution in [0.3, 0.4) is 0 Å². The molecule has 22 heavy (non-hydrogen) atoms. The third kappa shape index (κ3) is 2.17. The van der Waals surface area contributed by atoms with Crippen molar-refractivity contribution < 1.29 is 8.96 Å². The smallest absolute Gasteiger partial charge is 0.230 e. The lowest BCUT2D eigenvalue weighted by molar-refractivity contribution is -0.668. The van der Waals surface area contributed by atoms with E-state index in [1.165, 1.54) is 0 Å². The zero-order valence-electron chi connectivity index (χ0n) is 13.7. The highest BCUT2D eigenvalue weighted by molar-refractivity contribution is 5.93. The van der Waals surface area contributed by atoms with E-state index in [9.17, 15) is 4.39 Å². The quantitative estimate of drug-likeness (QED) is 0.618. The summed E-state index contributed by atoms with van der Waals surface area (Å²) in [5.41, 5.74) is 5.91. The summed E-state index contributed by atoms with van der Waals surface area (Å²) in [5.74, 6) is 0.786. The van der Waals surface area contributed by atoms with Gasteiger partial charge >= 0.3 is 0 Å². The number of fused-ring (bicyclic) bond motifs is 1. The third-order valence-corrected chi connectivity index (χ3v) is 4.35. The molecule has 3 rings (SSSR count). The number of rotatable bonds is 1. The maximum absolute atomic E-state index is 13.8. The molecule has 2 nitrogen and oxygen atoms in total. The highest BCUT2D eigenvalue weighted by atomic mass is 19.1. The topological polar surface area (TPSA) is 16.8 Å². The monoisotopic (exact) mass is 295 g/mol. The summed E-state index contributed by atoms with van der Waals surface area (Å²) in [5, 5.41) is 1.10. The number of para-hydroxylation sites is 1. The lowest BCUT2D eigenvalue weighted by Crippen LogP contribution is -2.36. The minimum Gasteiger partial charge on any atom is -0.230 e. The number of benzene rings is 2. The molecule has 1 heterocycles. The Hall–Kier alpha value is -2.29. The Kier molecular flexibility index (Phi) is 3.44. The Morgan fingerprint density at radius 3 is 2.41 bits per heavy atom. The van der Waals surface area contributed by atoms with Crippen LogP contribution in [0.25, 0.3) is 22.2 Å². The number of nitrogens with zero attached hydrogens (tertiary/aromatic N) is 2. The predicted octanol–water partition coefficient (Wildman–Crippen LogP) is 4.10. The summed E-state index contributed by atoms with van der Waals surface area (Å²) in [4.78, 5) is 4.72. The van der Waals surface area contributed by atoms with E-state index >= 15 is 0 Å². The molecule has 0 aliphatic heterocycles. The van der Waals surface area contributed by atoms with Gasteiger partial charge in [-0.1, -0.05) is 12.1 Å². The van der Waals surface area contributed by atoms with Crippen molar-refractivity contribution in [1.29, 1.82) is 0 Å². The molecule has 112 valence electrons. The molecule has 0 bridgehead atoms. The van der Waals surface area contributed by atoms with Gasteiger partial charge in [-0.3, -0.25) is 0 Å². The number of hydrogen-bond acceptors (Lipinski definition) is 1. The van der Waals surface area contributed by atoms with Gasteiger partial charge in [0.1, 0.15) is 11.5 Å². The van der Waals surface area contributed by atoms with Gasteiger partial charge < -0.3 is 0 Å². The van der Waals surface area contributed by atoms with Crippen molar-refractivity contribution in [3.05, 3.63) is 58.7 Å². The van der Waals surface area contributed by atoms with Crippen LogP contribution in [0.5, 0.6) is 0 Å². The molecular formula is C19H20FN2+. The minimum absolute atomic E-state index is 0.157. The summed E-state index contributed by atoms with van der Waals surface area (Å²) in [6, 6.07) is 9.75. The molecule has 0 aliphatic carbocycles. The van der Waals surface area contributed by atoms with Crippen molar-refractivity contribution in [1.82, 2.24) is 4.98 Å². The predicted molar refractivity (Wildman–Crippen MR) is 87.3 cm³/mol. The maximum Gasteiger partial charge on any atom is 0.296 e. The summed E-state index contributed by atoms with van der Waals surface area (Å²) >= 11 is 0. The molecule has 0 unspecified atom stereocenters. The number of aromatic nitrogens is 2. The Balaban J connectivity index is 2.48. The van der Waals surface area contributed by atoms with Crippen molar-refractivity contribution in [2.45, 2.75) is 27.7 Å². The van der Waals surface area contributed by atoms with Crippen LogP contribution < -0.4 is 4.57 Å². The molecule has 0 atom stereocenters. The van der Waals surface area contributed by atoms with Crippen molar-refractivity contribution in [3.8, 4) is 11.3 Å². The van der Waals surface area contributed by atoms with E-state index < -0.39 is 0 Å². The van der Waals surface area contributed by atoms with Gasteiger partial charge in [0.05, 0.1) is 12.4 Å².